The lowest BCUT2D eigenvalue weighted by molar-refractivity contribution is -0.136. The fourth-order valence-corrected chi connectivity index (χ4v) is 6.58. The van der Waals surface area contributed by atoms with Crippen LogP contribution < -0.4 is 0 Å². The van der Waals surface area contributed by atoms with Crippen LogP contribution in [0.1, 0.15) is 31.4 Å². The Hall–Kier alpha value is -1.64. The van der Waals surface area contributed by atoms with E-state index in [4.69, 9.17) is 28.3 Å². The minimum Gasteiger partial charge on any atom is -0.481 e. The number of carbonyl (C=O) groups is 1. The molecule has 9 heteroatoms. The van der Waals surface area contributed by atoms with Crippen molar-refractivity contribution in [1.82, 2.24) is 9.21 Å². The molecule has 32 heavy (non-hydrogen) atoms. The number of carboxylic acids is 1. The largest absolute Gasteiger partial charge is 0.481 e. The quantitative estimate of drug-likeness (QED) is 0.585. The second kappa shape index (κ2) is 10.5. The molecule has 0 saturated carbocycles. The summed E-state index contributed by atoms with van der Waals surface area (Å²) >= 11 is 12.1. The molecule has 1 N–H and O–H groups in total. The summed E-state index contributed by atoms with van der Waals surface area (Å²) in [5, 5.41) is 10.1. The molecule has 0 amide bonds. The lowest BCUT2D eigenvalue weighted by atomic mass is 10.1. The fraction of sp³-hybridized carbons (Fsp3) is 0.435. The Balaban J connectivity index is 1.63. The van der Waals surface area contributed by atoms with Crippen LogP contribution in [0, 0.1) is 0 Å². The molecule has 6 nitrogen and oxygen atoms in total. The zero-order valence-electron chi connectivity index (χ0n) is 18.2. The van der Waals surface area contributed by atoms with Gasteiger partial charge in [0.2, 0.25) is 10.0 Å². The molecule has 2 atom stereocenters. The number of sulfonamides is 1. The van der Waals surface area contributed by atoms with Gasteiger partial charge in [-0.15, -0.1) is 0 Å². The molecule has 1 aliphatic heterocycles. The Bertz CT molecular complexity index is 1070. The summed E-state index contributed by atoms with van der Waals surface area (Å²) in [6.45, 7) is 5.97. The first-order valence-corrected chi connectivity index (χ1v) is 12.8. The molecular weight excluding hydrogens is 471 g/mol. The molecule has 1 aliphatic rings. The molecule has 2 aromatic carbocycles. The highest BCUT2D eigenvalue weighted by molar-refractivity contribution is 7.89. The maximum atomic E-state index is 13.3. The molecule has 174 valence electrons. The van der Waals surface area contributed by atoms with Crippen molar-refractivity contribution in [2.45, 2.75) is 50.1 Å². The predicted octanol–water partition coefficient (Wildman–Crippen LogP) is 4.34. The van der Waals surface area contributed by atoms with Crippen molar-refractivity contribution in [3.63, 3.8) is 0 Å². The molecule has 3 rings (SSSR count). The van der Waals surface area contributed by atoms with Crippen LogP contribution in [0.4, 0.5) is 0 Å². The molecule has 2 aromatic rings. The number of aryl methyl sites for hydroxylation is 1. The molecule has 0 spiro atoms. The maximum absolute atomic E-state index is 13.3. The number of piperazine rings is 1. The summed E-state index contributed by atoms with van der Waals surface area (Å²) in [7, 11) is -3.73. The van der Waals surface area contributed by atoms with Gasteiger partial charge in [0.25, 0.3) is 0 Å². The van der Waals surface area contributed by atoms with Gasteiger partial charge < -0.3 is 10.0 Å². The Morgan fingerprint density at radius 1 is 1.03 bits per heavy atom. The summed E-state index contributed by atoms with van der Waals surface area (Å²) in [6.07, 6.45) is 1.59. The highest BCUT2D eigenvalue weighted by Crippen LogP contribution is 2.27. The van der Waals surface area contributed by atoms with Gasteiger partial charge in [-0.1, -0.05) is 41.4 Å². The SMILES string of the molecule is CC1CN(CCCc2ccc(Cl)c(Cl)c2)C[C@H](C)N1S(=O)(=O)c1cccc(CC(=O)O)c1. The molecule has 0 bridgehead atoms. The summed E-state index contributed by atoms with van der Waals surface area (Å²) in [5.74, 6) is -0.990. The predicted molar refractivity (Wildman–Crippen MR) is 127 cm³/mol. The zero-order valence-corrected chi connectivity index (χ0v) is 20.5. The number of benzene rings is 2. The van der Waals surface area contributed by atoms with Crippen molar-refractivity contribution < 1.29 is 18.3 Å². The second-order valence-electron chi connectivity index (χ2n) is 8.36. The van der Waals surface area contributed by atoms with E-state index in [1.54, 1.807) is 22.5 Å². The first-order chi connectivity index (χ1) is 15.1. The van der Waals surface area contributed by atoms with Gasteiger partial charge in [-0.05, 0) is 68.6 Å². The Morgan fingerprint density at radius 2 is 1.72 bits per heavy atom. The van der Waals surface area contributed by atoms with E-state index in [2.05, 4.69) is 4.90 Å². The van der Waals surface area contributed by atoms with Gasteiger partial charge in [0.15, 0.2) is 0 Å². The van der Waals surface area contributed by atoms with Crippen molar-refractivity contribution in [2.75, 3.05) is 19.6 Å². The van der Waals surface area contributed by atoms with Crippen molar-refractivity contribution in [3.05, 3.63) is 63.6 Å². The van der Waals surface area contributed by atoms with Crippen molar-refractivity contribution in [3.8, 4) is 0 Å². The molecule has 0 aliphatic carbocycles. The smallest absolute Gasteiger partial charge is 0.307 e. The number of halogens is 2. The van der Waals surface area contributed by atoms with Crippen molar-refractivity contribution in [1.29, 1.82) is 0 Å². The van der Waals surface area contributed by atoms with Crippen molar-refractivity contribution >= 4 is 39.2 Å². The van der Waals surface area contributed by atoms with Gasteiger partial charge in [0.05, 0.1) is 21.4 Å². The Labute approximate surface area is 199 Å². The van der Waals surface area contributed by atoms with Gasteiger partial charge in [0, 0.05) is 25.2 Å². The number of rotatable bonds is 8. The third-order valence-corrected chi connectivity index (χ3v) is 8.53. The van der Waals surface area contributed by atoms with E-state index in [0.29, 0.717) is 28.7 Å². The number of nitrogens with zero attached hydrogens (tertiary/aromatic N) is 2. The number of hydrogen-bond donors (Lipinski definition) is 1. The van der Waals surface area contributed by atoms with E-state index in [1.165, 1.54) is 12.1 Å². The lowest BCUT2D eigenvalue weighted by Crippen LogP contribution is -2.58. The topological polar surface area (TPSA) is 77.9 Å². The fourth-order valence-electron chi connectivity index (χ4n) is 4.39. The lowest BCUT2D eigenvalue weighted by Gasteiger charge is -2.43. The van der Waals surface area contributed by atoms with E-state index < -0.39 is 16.0 Å². The normalized spacial score (nSPS) is 20.4. The van der Waals surface area contributed by atoms with Gasteiger partial charge in [-0.25, -0.2) is 8.42 Å². The van der Waals surface area contributed by atoms with Crippen molar-refractivity contribution in [2.24, 2.45) is 0 Å². The van der Waals surface area contributed by atoms with Crippen LogP contribution in [0.3, 0.4) is 0 Å². The molecule has 0 radical (unpaired) electrons. The summed E-state index contributed by atoms with van der Waals surface area (Å²) < 4.78 is 28.3. The van der Waals surface area contributed by atoms with Gasteiger partial charge >= 0.3 is 5.97 Å². The van der Waals surface area contributed by atoms with Gasteiger partial charge in [-0.2, -0.15) is 4.31 Å². The van der Waals surface area contributed by atoms with E-state index >= 15 is 0 Å². The van der Waals surface area contributed by atoms with E-state index in [1.807, 2.05) is 26.0 Å². The van der Waals surface area contributed by atoms with Crippen LogP contribution in [-0.4, -0.2) is 60.4 Å². The highest BCUT2D eigenvalue weighted by atomic mass is 35.5. The van der Waals surface area contributed by atoms with E-state index in [9.17, 15) is 13.2 Å². The van der Waals surface area contributed by atoms with Crippen LogP contribution in [0.25, 0.3) is 0 Å². The number of carboxylic acid groups (broad SMARTS) is 1. The Morgan fingerprint density at radius 3 is 2.34 bits per heavy atom. The second-order valence-corrected chi connectivity index (χ2v) is 11.0. The molecule has 1 saturated heterocycles. The minimum absolute atomic E-state index is 0.142. The van der Waals surface area contributed by atoms with Crippen LogP contribution in [0.15, 0.2) is 47.4 Å². The molecular formula is C23H28Cl2N2O4S. The van der Waals surface area contributed by atoms with E-state index in [-0.39, 0.29) is 23.4 Å². The average Bonchev–Trinajstić information content (AvgIpc) is 2.70. The van der Waals surface area contributed by atoms with E-state index in [0.717, 1.165) is 24.9 Å². The highest BCUT2D eigenvalue weighted by Gasteiger charge is 2.38. The third-order valence-electron chi connectivity index (χ3n) is 5.67. The minimum atomic E-state index is -3.73. The van der Waals surface area contributed by atoms with Crippen LogP contribution in [0.5, 0.6) is 0 Å². The summed E-state index contributed by atoms with van der Waals surface area (Å²) in [5.41, 5.74) is 1.60. The third kappa shape index (κ3) is 6.02. The molecule has 1 fully saturated rings. The first-order valence-electron chi connectivity index (χ1n) is 10.6. The molecule has 0 aromatic heterocycles. The van der Waals surface area contributed by atoms with Crippen LogP contribution in [0.2, 0.25) is 10.0 Å². The average molecular weight is 499 g/mol. The van der Waals surface area contributed by atoms with Gasteiger partial charge in [0.1, 0.15) is 0 Å². The summed E-state index contributed by atoms with van der Waals surface area (Å²) in [4.78, 5) is 13.4. The zero-order chi connectivity index (χ0) is 23.5. The standard InChI is InChI=1S/C23H28Cl2N2O4S/c1-16-14-26(10-4-6-18-8-9-21(24)22(25)12-18)15-17(2)27(16)32(30,31)20-7-3-5-19(11-20)13-23(28)29/h3,5,7-9,11-12,16-17H,4,6,10,13-15H2,1-2H3,(H,28,29)/t16-,17?/m0/s1. The number of aliphatic carboxylic acids is 1. The van der Waals surface area contributed by atoms with Crippen LogP contribution >= 0.6 is 23.2 Å². The van der Waals surface area contributed by atoms with Crippen LogP contribution in [-0.2, 0) is 27.7 Å². The number of hydrogen-bond acceptors (Lipinski definition) is 4. The molecule has 1 unspecified atom stereocenters. The Kier molecular flexibility index (Phi) is 8.22. The summed E-state index contributed by atoms with van der Waals surface area (Å²) in [6, 6.07) is 11.5. The first kappa shape index (κ1) is 25.0. The molecule has 1 heterocycles. The monoisotopic (exact) mass is 498 g/mol. The maximum Gasteiger partial charge on any atom is 0.307 e. The van der Waals surface area contributed by atoms with Gasteiger partial charge in [-0.3, -0.25) is 4.79 Å².